The minimum atomic E-state index is -5.61. The average Bonchev–Trinajstić information content (AvgIpc) is 0.722. The summed E-state index contributed by atoms with van der Waals surface area (Å²) in [5, 5.41) is 0. The molecule has 0 atom stereocenters. The van der Waals surface area contributed by atoms with E-state index in [1.165, 1.54) is 0 Å². The molecule has 0 heterocycles. The second-order valence-electron chi connectivity index (χ2n) is 0.500. The van der Waals surface area contributed by atoms with Crippen LogP contribution >= 0.6 is 0 Å². The van der Waals surface area contributed by atoms with E-state index in [1.807, 2.05) is 0 Å². The second-order valence-corrected chi connectivity index (χ2v) is 1.50. The molecule has 8 heteroatoms. The smallest absolute Gasteiger partial charge is 0.894 e. The molecule has 0 N–H and O–H groups in total. The van der Waals surface area contributed by atoms with E-state index in [1.54, 1.807) is 0 Å². The van der Waals surface area contributed by atoms with E-state index in [4.69, 9.17) is 19.2 Å². The van der Waals surface area contributed by atoms with Crippen molar-refractivity contribution < 1.29 is 84.7 Å². The fourth-order valence-corrected chi connectivity index (χ4v) is 0. The molecule has 0 aromatic heterocycles. The van der Waals surface area contributed by atoms with Crippen molar-refractivity contribution in [2.24, 2.45) is 0 Å². The summed E-state index contributed by atoms with van der Waals surface area (Å²) in [6.45, 7) is 0. The van der Waals surface area contributed by atoms with Gasteiger partial charge in [0.05, 0.1) is 0 Å². The van der Waals surface area contributed by atoms with Gasteiger partial charge >= 0.3 is 65.5 Å². The van der Waals surface area contributed by atoms with Gasteiger partial charge in [-0.25, -0.2) is 0 Å². The molecular formula is LiMnNaO4Si. The summed E-state index contributed by atoms with van der Waals surface area (Å²) in [4.78, 5) is 34.3. The zero-order valence-electron chi connectivity index (χ0n) is 4.51. The van der Waals surface area contributed by atoms with Crippen molar-refractivity contribution in [2.45, 2.75) is 0 Å². The molecule has 0 amide bonds. The zero-order valence-corrected chi connectivity index (χ0v) is 8.69. The first-order valence-electron chi connectivity index (χ1n) is 0.816. The van der Waals surface area contributed by atoms with Crippen molar-refractivity contribution in [3.63, 3.8) is 0 Å². The normalized spacial score (nSPS) is 7.50. The Morgan fingerprint density at radius 2 is 0.875 bits per heavy atom. The minimum absolute atomic E-state index is 0. The molecule has 0 spiro atoms. The van der Waals surface area contributed by atoms with Gasteiger partial charge in [0.25, 0.3) is 0 Å². The molecule has 0 aliphatic rings. The van der Waals surface area contributed by atoms with Crippen molar-refractivity contribution in [3.8, 4) is 0 Å². The standard InChI is InChI=1S/Li.Mn.Na.O4Si/c;;;1-5(2,3)4/q+1;+2;+1;-4. The van der Waals surface area contributed by atoms with Gasteiger partial charge in [0, 0.05) is 0 Å². The first-order valence-corrected chi connectivity index (χ1v) is 2.45. The average molecular weight is 177 g/mol. The molecular weight excluding hydrogens is 177 g/mol. The Hall–Kier alpha value is 2.17. The van der Waals surface area contributed by atoms with Crippen molar-refractivity contribution in [1.29, 1.82) is 0 Å². The van der Waals surface area contributed by atoms with Crippen molar-refractivity contribution in [1.82, 2.24) is 0 Å². The van der Waals surface area contributed by atoms with Crippen LogP contribution in [0.25, 0.3) is 0 Å². The van der Waals surface area contributed by atoms with Crippen molar-refractivity contribution in [3.05, 3.63) is 0 Å². The molecule has 0 rings (SSSR count). The Morgan fingerprint density at radius 3 is 0.875 bits per heavy atom. The van der Waals surface area contributed by atoms with Crippen LogP contribution in [0.1, 0.15) is 0 Å². The Kier molecular flexibility index (Phi) is 25.8. The predicted octanol–water partition coefficient (Wildman–Crippen LogP) is -11.1. The van der Waals surface area contributed by atoms with Crippen LogP contribution in [0.2, 0.25) is 0 Å². The Labute approximate surface area is 92.7 Å². The molecule has 4 nitrogen and oxygen atoms in total. The van der Waals surface area contributed by atoms with Crippen LogP contribution in [-0.4, -0.2) is 9.05 Å². The van der Waals surface area contributed by atoms with Gasteiger partial charge in [-0.05, 0) is 0 Å². The fourth-order valence-electron chi connectivity index (χ4n) is 0. The van der Waals surface area contributed by atoms with Crippen molar-refractivity contribution >= 4 is 9.05 Å². The van der Waals surface area contributed by atoms with Gasteiger partial charge in [0.2, 0.25) is 0 Å². The van der Waals surface area contributed by atoms with Gasteiger partial charge in [0.1, 0.15) is 0 Å². The summed E-state index contributed by atoms with van der Waals surface area (Å²) >= 11 is 0. The number of hydrogen-bond donors (Lipinski definition) is 0. The van der Waals surface area contributed by atoms with Gasteiger partial charge in [-0.3, -0.25) is 0 Å². The van der Waals surface area contributed by atoms with Gasteiger partial charge in [-0.15, -0.1) is 0 Å². The van der Waals surface area contributed by atoms with Crippen LogP contribution in [0.3, 0.4) is 0 Å². The summed E-state index contributed by atoms with van der Waals surface area (Å²) in [6.07, 6.45) is 0. The Bertz CT molecular complexity index is 31.5. The molecule has 0 bridgehead atoms. The molecule has 37 valence electrons. The summed E-state index contributed by atoms with van der Waals surface area (Å²) < 4.78 is 0. The minimum Gasteiger partial charge on any atom is -0.894 e. The summed E-state index contributed by atoms with van der Waals surface area (Å²) in [6, 6.07) is 0. The molecule has 0 aliphatic heterocycles. The van der Waals surface area contributed by atoms with Crippen LogP contribution in [0.4, 0.5) is 0 Å². The topological polar surface area (TPSA) is 92.2 Å². The van der Waals surface area contributed by atoms with Crippen LogP contribution in [0.5, 0.6) is 0 Å². The van der Waals surface area contributed by atoms with Gasteiger partial charge in [-0.1, -0.05) is 0 Å². The maximum absolute atomic E-state index is 8.58. The quantitative estimate of drug-likeness (QED) is 0.343. The monoisotopic (exact) mass is 177 g/mol. The van der Waals surface area contributed by atoms with E-state index in [0.29, 0.717) is 0 Å². The maximum Gasteiger partial charge on any atom is 2.00 e. The zero-order chi connectivity index (χ0) is 4.50. The van der Waals surface area contributed by atoms with E-state index in [-0.39, 0.29) is 65.5 Å². The summed E-state index contributed by atoms with van der Waals surface area (Å²) in [5.41, 5.74) is 0. The fraction of sp³-hybridized carbons (Fsp3) is 0. The molecule has 0 saturated carbocycles. The number of rotatable bonds is 0. The predicted molar refractivity (Wildman–Crippen MR) is 5.75 cm³/mol. The van der Waals surface area contributed by atoms with Crippen molar-refractivity contribution in [2.75, 3.05) is 0 Å². The van der Waals surface area contributed by atoms with Crippen LogP contribution in [0.15, 0.2) is 0 Å². The van der Waals surface area contributed by atoms with Gasteiger partial charge in [0.15, 0.2) is 0 Å². The summed E-state index contributed by atoms with van der Waals surface area (Å²) in [7, 11) is -5.61. The molecule has 0 saturated heterocycles. The summed E-state index contributed by atoms with van der Waals surface area (Å²) in [5.74, 6) is 0. The van der Waals surface area contributed by atoms with Gasteiger partial charge in [-0.2, -0.15) is 0 Å². The van der Waals surface area contributed by atoms with E-state index in [9.17, 15) is 0 Å². The molecule has 1 radical (unpaired) electrons. The molecule has 0 aromatic rings. The molecule has 8 heavy (non-hydrogen) atoms. The number of hydrogen-bond acceptors (Lipinski definition) is 4. The van der Waals surface area contributed by atoms with Crippen LogP contribution in [0, 0.1) is 0 Å². The Morgan fingerprint density at radius 1 is 0.875 bits per heavy atom. The second kappa shape index (κ2) is 9.17. The first-order chi connectivity index (χ1) is 2.00. The van der Waals surface area contributed by atoms with E-state index in [0.717, 1.165) is 0 Å². The molecule has 0 aliphatic carbocycles. The van der Waals surface area contributed by atoms with Gasteiger partial charge < -0.3 is 28.2 Å². The maximum atomic E-state index is 8.58. The third kappa shape index (κ3) is 89.0. The Balaban J connectivity index is -0.0000000267. The third-order valence-corrected chi connectivity index (χ3v) is 0. The third-order valence-electron chi connectivity index (χ3n) is 0. The molecule has 0 aromatic carbocycles. The van der Waals surface area contributed by atoms with E-state index >= 15 is 0 Å². The first kappa shape index (κ1) is 22.5. The molecule has 0 unspecified atom stereocenters. The SMILES string of the molecule is [Li+].[Mn+2].[Na+].[O-][Si]([O-])([O-])[O-]. The van der Waals surface area contributed by atoms with Crippen LogP contribution < -0.4 is 67.6 Å². The van der Waals surface area contributed by atoms with E-state index in [2.05, 4.69) is 0 Å². The van der Waals surface area contributed by atoms with E-state index < -0.39 is 9.05 Å². The largest absolute Gasteiger partial charge is 2.00 e. The molecule has 0 fully saturated rings. The van der Waals surface area contributed by atoms with Crippen LogP contribution in [-0.2, 0) is 17.1 Å².